The van der Waals surface area contributed by atoms with E-state index in [1.165, 1.54) is 6.33 Å². The van der Waals surface area contributed by atoms with Crippen LogP contribution in [0, 0.1) is 6.92 Å². The van der Waals surface area contributed by atoms with E-state index in [0.29, 0.717) is 10.8 Å². The van der Waals surface area contributed by atoms with Crippen LogP contribution in [0.1, 0.15) is 18.9 Å². The third-order valence-electron chi connectivity index (χ3n) is 2.80. The van der Waals surface area contributed by atoms with E-state index in [0.717, 1.165) is 34.5 Å². The van der Waals surface area contributed by atoms with Crippen LogP contribution in [-0.4, -0.2) is 16.5 Å². The zero-order valence-electron chi connectivity index (χ0n) is 11.4. The van der Waals surface area contributed by atoms with Gasteiger partial charge in [0.25, 0.3) is 0 Å². The number of hydrogen-bond donors (Lipinski definition) is 2. The summed E-state index contributed by atoms with van der Waals surface area (Å²) in [5.41, 5.74) is 1.92. The molecule has 0 unspecified atom stereocenters. The minimum Gasteiger partial charge on any atom is -0.369 e. The standard InChI is InChI=1S/C14H16BrClN4/c1-3-7-17-13-11(15)14(19-8-18-13)20-12-9(2)5-4-6-10(12)16/h4-6,8H,3,7H2,1-2H3,(H2,17,18,19,20). The van der Waals surface area contributed by atoms with Crippen molar-refractivity contribution in [3.05, 3.63) is 39.6 Å². The van der Waals surface area contributed by atoms with Crippen molar-refractivity contribution in [2.45, 2.75) is 20.3 Å². The van der Waals surface area contributed by atoms with Crippen molar-refractivity contribution >= 4 is 44.9 Å². The van der Waals surface area contributed by atoms with Crippen LogP contribution in [0.5, 0.6) is 0 Å². The summed E-state index contributed by atoms with van der Waals surface area (Å²) < 4.78 is 0.799. The summed E-state index contributed by atoms with van der Waals surface area (Å²) in [6.45, 7) is 4.97. The summed E-state index contributed by atoms with van der Waals surface area (Å²) >= 11 is 9.74. The van der Waals surface area contributed by atoms with E-state index in [4.69, 9.17) is 11.6 Å². The van der Waals surface area contributed by atoms with Gasteiger partial charge in [0.2, 0.25) is 0 Å². The minimum atomic E-state index is 0.665. The van der Waals surface area contributed by atoms with Crippen LogP contribution in [-0.2, 0) is 0 Å². The number of anilines is 3. The number of benzene rings is 1. The summed E-state index contributed by atoms with van der Waals surface area (Å²) in [5, 5.41) is 7.17. The molecule has 0 spiro atoms. The lowest BCUT2D eigenvalue weighted by Crippen LogP contribution is -2.05. The molecule has 2 aromatic rings. The van der Waals surface area contributed by atoms with Crippen molar-refractivity contribution in [3.63, 3.8) is 0 Å². The molecule has 106 valence electrons. The van der Waals surface area contributed by atoms with Gasteiger partial charge in [-0.2, -0.15) is 0 Å². The molecule has 0 atom stereocenters. The lowest BCUT2D eigenvalue weighted by Gasteiger charge is -2.14. The molecule has 1 aromatic heterocycles. The van der Waals surface area contributed by atoms with Gasteiger partial charge in [-0.3, -0.25) is 0 Å². The first-order valence-corrected chi connectivity index (χ1v) is 7.57. The van der Waals surface area contributed by atoms with Gasteiger partial charge in [-0.05, 0) is 40.9 Å². The molecule has 0 amide bonds. The van der Waals surface area contributed by atoms with E-state index in [-0.39, 0.29) is 0 Å². The maximum Gasteiger partial charge on any atom is 0.150 e. The van der Waals surface area contributed by atoms with Crippen LogP contribution in [0.2, 0.25) is 5.02 Å². The highest BCUT2D eigenvalue weighted by Gasteiger charge is 2.11. The summed E-state index contributed by atoms with van der Waals surface area (Å²) in [6.07, 6.45) is 2.56. The minimum absolute atomic E-state index is 0.665. The second-order valence-corrected chi connectivity index (χ2v) is 5.57. The van der Waals surface area contributed by atoms with E-state index >= 15 is 0 Å². The van der Waals surface area contributed by atoms with Gasteiger partial charge in [0.15, 0.2) is 0 Å². The van der Waals surface area contributed by atoms with Gasteiger partial charge >= 0.3 is 0 Å². The lowest BCUT2D eigenvalue weighted by atomic mass is 10.2. The van der Waals surface area contributed by atoms with Crippen LogP contribution >= 0.6 is 27.5 Å². The fourth-order valence-corrected chi connectivity index (χ4v) is 2.45. The molecule has 4 nitrogen and oxygen atoms in total. The van der Waals surface area contributed by atoms with Crippen molar-refractivity contribution in [2.75, 3.05) is 17.2 Å². The monoisotopic (exact) mass is 354 g/mol. The van der Waals surface area contributed by atoms with Crippen LogP contribution in [0.15, 0.2) is 29.0 Å². The molecule has 20 heavy (non-hydrogen) atoms. The molecule has 1 heterocycles. The maximum absolute atomic E-state index is 6.22. The Hall–Kier alpha value is -1.33. The van der Waals surface area contributed by atoms with Gasteiger partial charge in [-0.1, -0.05) is 30.7 Å². The Kier molecular flexibility index (Phi) is 5.20. The molecule has 1 aromatic carbocycles. The van der Waals surface area contributed by atoms with Gasteiger partial charge in [-0.15, -0.1) is 0 Å². The molecule has 0 aliphatic rings. The zero-order valence-corrected chi connectivity index (χ0v) is 13.7. The molecule has 6 heteroatoms. The number of aromatic nitrogens is 2. The SMILES string of the molecule is CCCNc1ncnc(Nc2c(C)cccc2Cl)c1Br. The molecule has 0 aliphatic heterocycles. The van der Waals surface area contributed by atoms with Crippen molar-refractivity contribution < 1.29 is 0 Å². The predicted molar refractivity (Wildman–Crippen MR) is 88.0 cm³/mol. The predicted octanol–water partition coefficient (Wildman–Crippen LogP) is 4.77. The lowest BCUT2D eigenvalue weighted by molar-refractivity contribution is 0.962. The van der Waals surface area contributed by atoms with Crippen LogP contribution in [0.3, 0.4) is 0 Å². The zero-order chi connectivity index (χ0) is 14.5. The van der Waals surface area contributed by atoms with Gasteiger partial charge in [0.05, 0.1) is 10.7 Å². The van der Waals surface area contributed by atoms with Gasteiger partial charge < -0.3 is 10.6 Å². The quantitative estimate of drug-likeness (QED) is 0.811. The summed E-state index contributed by atoms with van der Waals surface area (Å²) in [4.78, 5) is 8.48. The topological polar surface area (TPSA) is 49.8 Å². The number of nitrogens with zero attached hydrogens (tertiary/aromatic N) is 2. The van der Waals surface area contributed by atoms with Crippen molar-refractivity contribution in [2.24, 2.45) is 0 Å². The maximum atomic E-state index is 6.22. The molecule has 0 saturated heterocycles. The highest BCUT2D eigenvalue weighted by molar-refractivity contribution is 9.10. The normalized spacial score (nSPS) is 10.4. The second-order valence-electron chi connectivity index (χ2n) is 4.37. The van der Waals surface area contributed by atoms with E-state index in [1.54, 1.807) is 0 Å². The summed E-state index contributed by atoms with van der Waals surface area (Å²) in [7, 11) is 0. The fraction of sp³-hybridized carbons (Fsp3) is 0.286. The molecule has 0 aliphatic carbocycles. The Bertz CT molecular complexity index is 583. The third-order valence-corrected chi connectivity index (χ3v) is 3.86. The molecule has 0 saturated carbocycles. The molecular weight excluding hydrogens is 340 g/mol. The average molecular weight is 356 g/mol. The Labute approximate surface area is 132 Å². The van der Waals surface area contributed by atoms with Crippen LogP contribution in [0.4, 0.5) is 17.3 Å². The van der Waals surface area contributed by atoms with Crippen LogP contribution < -0.4 is 10.6 Å². The van der Waals surface area contributed by atoms with E-state index in [1.807, 2.05) is 25.1 Å². The smallest absolute Gasteiger partial charge is 0.150 e. The van der Waals surface area contributed by atoms with Crippen molar-refractivity contribution in [1.29, 1.82) is 0 Å². The average Bonchev–Trinajstić information content (AvgIpc) is 2.43. The fourth-order valence-electron chi connectivity index (χ4n) is 1.73. The van der Waals surface area contributed by atoms with Gasteiger partial charge in [-0.25, -0.2) is 9.97 Å². The number of rotatable bonds is 5. The van der Waals surface area contributed by atoms with Gasteiger partial charge in [0.1, 0.15) is 22.4 Å². The van der Waals surface area contributed by atoms with Crippen molar-refractivity contribution in [1.82, 2.24) is 9.97 Å². The van der Waals surface area contributed by atoms with E-state index < -0.39 is 0 Å². The molecule has 2 rings (SSSR count). The highest BCUT2D eigenvalue weighted by atomic mass is 79.9. The highest BCUT2D eigenvalue weighted by Crippen LogP contribution is 2.33. The summed E-state index contributed by atoms with van der Waals surface area (Å²) in [6, 6.07) is 5.77. The Morgan fingerprint density at radius 2 is 2.00 bits per heavy atom. The third kappa shape index (κ3) is 3.41. The Morgan fingerprint density at radius 3 is 2.70 bits per heavy atom. The van der Waals surface area contributed by atoms with Crippen molar-refractivity contribution in [3.8, 4) is 0 Å². The first kappa shape index (κ1) is 15.1. The number of para-hydroxylation sites is 1. The molecule has 0 fully saturated rings. The van der Waals surface area contributed by atoms with Gasteiger partial charge in [0, 0.05) is 6.54 Å². The first-order valence-electron chi connectivity index (χ1n) is 6.40. The van der Waals surface area contributed by atoms with E-state index in [9.17, 15) is 0 Å². The Morgan fingerprint density at radius 1 is 1.25 bits per heavy atom. The Balaban J connectivity index is 2.30. The van der Waals surface area contributed by atoms with E-state index in [2.05, 4.69) is 43.5 Å². The largest absolute Gasteiger partial charge is 0.369 e. The van der Waals surface area contributed by atoms with Crippen LogP contribution in [0.25, 0.3) is 0 Å². The second kappa shape index (κ2) is 6.90. The summed E-state index contributed by atoms with van der Waals surface area (Å²) in [5.74, 6) is 1.46. The number of halogens is 2. The molecule has 2 N–H and O–H groups in total. The number of nitrogens with one attached hydrogen (secondary N) is 2. The first-order chi connectivity index (χ1) is 9.63. The molecular formula is C14H16BrClN4. The molecule has 0 radical (unpaired) electrons. The number of hydrogen-bond acceptors (Lipinski definition) is 4. The molecule has 0 bridgehead atoms. The number of aryl methyl sites for hydroxylation is 1.